The van der Waals surface area contributed by atoms with Crippen molar-refractivity contribution < 1.29 is 19.1 Å². The summed E-state index contributed by atoms with van der Waals surface area (Å²) in [7, 11) is 0. The van der Waals surface area contributed by atoms with E-state index in [4.69, 9.17) is 9.47 Å². The van der Waals surface area contributed by atoms with Crippen LogP contribution in [0.1, 0.15) is 45.7 Å². The number of esters is 1. The van der Waals surface area contributed by atoms with Crippen LogP contribution in [0.25, 0.3) is 0 Å². The number of hydrogen-bond donors (Lipinski definition) is 1. The zero-order valence-electron chi connectivity index (χ0n) is 14.4. The number of para-hydroxylation sites is 1. The highest BCUT2D eigenvalue weighted by atomic mass is 16.6. The van der Waals surface area contributed by atoms with Crippen molar-refractivity contribution in [2.24, 2.45) is 5.41 Å². The lowest BCUT2D eigenvalue weighted by molar-refractivity contribution is -0.158. The molecule has 0 spiro atoms. The second-order valence-electron chi connectivity index (χ2n) is 7.08. The van der Waals surface area contributed by atoms with E-state index in [1.807, 2.05) is 30.3 Å². The maximum absolute atomic E-state index is 12.6. The fourth-order valence-corrected chi connectivity index (χ4v) is 2.44. The maximum atomic E-state index is 12.6. The Hall–Kier alpha value is -2.55. The molecule has 0 unspecified atom stereocenters. The summed E-state index contributed by atoms with van der Waals surface area (Å²) in [4.78, 5) is 24.6. The molecule has 1 aliphatic rings. The van der Waals surface area contributed by atoms with E-state index in [2.05, 4.69) is 5.32 Å². The molecule has 2 atom stereocenters. The first-order chi connectivity index (χ1) is 11.1. The van der Waals surface area contributed by atoms with Crippen LogP contribution in [-0.4, -0.2) is 24.1 Å². The van der Waals surface area contributed by atoms with Gasteiger partial charge in [0.05, 0.1) is 18.5 Å². The molecule has 1 heterocycles. The minimum Gasteiger partial charge on any atom is -0.491 e. The average Bonchev–Trinajstić information content (AvgIpc) is 2.88. The second-order valence-corrected chi connectivity index (χ2v) is 7.08. The van der Waals surface area contributed by atoms with Gasteiger partial charge in [0.25, 0.3) is 0 Å². The molecule has 24 heavy (non-hydrogen) atoms. The molecule has 128 valence electrons. The number of hydrogen-bond acceptors (Lipinski definition) is 5. The number of nitrogens with zero attached hydrogens (tertiary/aromatic N) is 1. The number of nitrogens with one attached hydrogen (secondary N) is 1. The van der Waals surface area contributed by atoms with Gasteiger partial charge < -0.3 is 14.8 Å². The highest BCUT2D eigenvalue weighted by Gasteiger charge is 2.39. The first-order valence-corrected chi connectivity index (χ1v) is 7.80. The van der Waals surface area contributed by atoms with Crippen molar-refractivity contribution >= 4 is 11.9 Å². The lowest BCUT2D eigenvalue weighted by atomic mass is 9.87. The van der Waals surface area contributed by atoms with Crippen LogP contribution < -0.4 is 10.1 Å². The summed E-state index contributed by atoms with van der Waals surface area (Å²) in [6.45, 7) is 6.96. The predicted molar refractivity (Wildman–Crippen MR) is 87.0 cm³/mol. The van der Waals surface area contributed by atoms with E-state index in [0.29, 0.717) is 12.4 Å². The molecule has 2 rings (SSSR count). The lowest BCUT2D eigenvalue weighted by Crippen LogP contribution is -2.42. The molecule has 1 aromatic rings. The Labute approximate surface area is 141 Å². The van der Waals surface area contributed by atoms with E-state index >= 15 is 0 Å². The molecule has 0 aromatic heterocycles. The Balaban J connectivity index is 2.06. The van der Waals surface area contributed by atoms with Crippen LogP contribution in [0.15, 0.2) is 24.3 Å². The third-order valence-corrected chi connectivity index (χ3v) is 3.67. The Morgan fingerprint density at radius 1 is 1.33 bits per heavy atom. The largest absolute Gasteiger partial charge is 0.491 e. The van der Waals surface area contributed by atoms with Gasteiger partial charge in [-0.25, -0.2) is 0 Å². The van der Waals surface area contributed by atoms with Crippen molar-refractivity contribution in [3.05, 3.63) is 29.8 Å². The van der Waals surface area contributed by atoms with Gasteiger partial charge in [0.15, 0.2) is 0 Å². The monoisotopic (exact) mass is 330 g/mol. The number of rotatable bonds is 4. The number of ether oxygens (including phenoxy) is 2. The van der Waals surface area contributed by atoms with Gasteiger partial charge in [-0.05, 0) is 33.8 Å². The lowest BCUT2D eigenvalue weighted by Gasteiger charge is -2.25. The van der Waals surface area contributed by atoms with Gasteiger partial charge in [0.2, 0.25) is 5.91 Å². The van der Waals surface area contributed by atoms with Crippen LogP contribution >= 0.6 is 0 Å². The van der Waals surface area contributed by atoms with Gasteiger partial charge in [-0.1, -0.05) is 18.2 Å². The molecule has 1 N–H and O–H groups in total. The summed E-state index contributed by atoms with van der Waals surface area (Å²) in [6, 6.07) is 9.01. The zero-order chi connectivity index (χ0) is 18.0. The van der Waals surface area contributed by atoms with Crippen LogP contribution in [-0.2, 0) is 14.3 Å². The number of nitriles is 1. The van der Waals surface area contributed by atoms with E-state index < -0.39 is 22.9 Å². The van der Waals surface area contributed by atoms with Gasteiger partial charge in [-0.3, -0.25) is 9.59 Å². The van der Waals surface area contributed by atoms with Crippen LogP contribution in [0.4, 0.5) is 0 Å². The Morgan fingerprint density at radius 2 is 2.00 bits per heavy atom. The van der Waals surface area contributed by atoms with Crippen LogP contribution in [0.5, 0.6) is 5.75 Å². The van der Waals surface area contributed by atoms with E-state index in [0.717, 1.165) is 5.56 Å². The molecule has 0 bridgehead atoms. The standard InChI is InChI=1S/C18H22N2O4/c1-17(2,3)24-15(21)9-18(4,11-19)16(22)20-13-10-23-14-8-6-5-7-12(13)14/h5-8,13H,9-10H2,1-4H3,(H,20,22)/t13-,18-/m1/s1. The van der Waals surface area contributed by atoms with Crippen LogP contribution in [0.3, 0.4) is 0 Å². The van der Waals surface area contributed by atoms with Crippen LogP contribution in [0.2, 0.25) is 0 Å². The number of carbonyl (C=O) groups excluding carboxylic acids is 2. The third-order valence-electron chi connectivity index (χ3n) is 3.67. The van der Waals surface area contributed by atoms with Crippen LogP contribution in [0, 0.1) is 16.7 Å². The smallest absolute Gasteiger partial charge is 0.308 e. The average molecular weight is 330 g/mol. The topological polar surface area (TPSA) is 88.4 Å². The highest BCUT2D eigenvalue weighted by molar-refractivity contribution is 5.90. The summed E-state index contributed by atoms with van der Waals surface area (Å²) in [5.41, 5.74) is -1.30. The van der Waals surface area contributed by atoms with Crippen molar-refractivity contribution in [3.63, 3.8) is 0 Å². The van der Waals surface area contributed by atoms with Gasteiger partial charge in [-0.15, -0.1) is 0 Å². The van der Waals surface area contributed by atoms with Crippen molar-refractivity contribution in [2.45, 2.75) is 45.8 Å². The van der Waals surface area contributed by atoms with Gasteiger partial charge in [-0.2, -0.15) is 5.26 Å². The summed E-state index contributed by atoms with van der Waals surface area (Å²) >= 11 is 0. The minimum atomic E-state index is -1.50. The minimum absolute atomic E-state index is 0.304. The fourth-order valence-electron chi connectivity index (χ4n) is 2.44. The molecule has 6 heteroatoms. The number of fused-ring (bicyclic) bond motifs is 1. The molecule has 6 nitrogen and oxygen atoms in total. The molecule has 1 aromatic carbocycles. The molecule has 0 fully saturated rings. The maximum Gasteiger partial charge on any atom is 0.308 e. The summed E-state index contributed by atoms with van der Waals surface area (Å²) in [6.07, 6.45) is -0.304. The second kappa shape index (κ2) is 6.52. The van der Waals surface area contributed by atoms with Gasteiger partial charge in [0, 0.05) is 5.56 Å². The van der Waals surface area contributed by atoms with Crippen molar-refractivity contribution in [1.29, 1.82) is 5.26 Å². The molecule has 0 saturated carbocycles. The summed E-state index contributed by atoms with van der Waals surface area (Å²) < 4.78 is 10.7. The number of benzene rings is 1. The summed E-state index contributed by atoms with van der Waals surface area (Å²) in [5, 5.41) is 12.2. The number of carbonyl (C=O) groups is 2. The Kier molecular flexibility index (Phi) is 4.83. The van der Waals surface area contributed by atoms with Crippen molar-refractivity contribution in [3.8, 4) is 11.8 Å². The molecule has 0 saturated heterocycles. The summed E-state index contributed by atoms with van der Waals surface area (Å²) in [5.74, 6) is -0.375. The van der Waals surface area contributed by atoms with E-state index in [9.17, 15) is 14.9 Å². The predicted octanol–water partition coefficient (Wildman–Crippen LogP) is 2.50. The van der Waals surface area contributed by atoms with E-state index in [1.165, 1.54) is 6.92 Å². The highest BCUT2D eigenvalue weighted by Crippen LogP contribution is 2.33. The molecular weight excluding hydrogens is 308 g/mol. The normalized spacial score (nSPS) is 18.5. The van der Waals surface area contributed by atoms with E-state index in [-0.39, 0.29) is 12.5 Å². The molecule has 1 aliphatic heterocycles. The first-order valence-electron chi connectivity index (χ1n) is 7.80. The zero-order valence-corrected chi connectivity index (χ0v) is 14.4. The van der Waals surface area contributed by atoms with Crippen molar-refractivity contribution in [2.75, 3.05) is 6.61 Å². The molecule has 0 aliphatic carbocycles. The van der Waals surface area contributed by atoms with E-state index in [1.54, 1.807) is 20.8 Å². The number of amides is 1. The molecule has 0 radical (unpaired) electrons. The Morgan fingerprint density at radius 3 is 2.62 bits per heavy atom. The van der Waals surface area contributed by atoms with Gasteiger partial charge in [0.1, 0.15) is 23.4 Å². The SMILES string of the molecule is CC(C)(C)OC(=O)C[C@](C)(C#N)C(=O)N[C@@H]1COc2ccccc21. The first kappa shape index (κ1) is 17.8. The fraction of sp³-hybridized carbons (Fsp3) is 0.500. The quantitative estimate of drug-likeness (QED) is 0.857. The van der Waals surface area contributed by atoms with Gasteiger partial charge >= 0.3 is 5.97 Å². The molecule has 1 amide bonds. The Bertz CT molecular complexity index is 687. The third kappa shape index (κ3) is 4.05. The molecular formula is C18H22N2O4. The van der Waals surface area contributed by atoms with Crippen molar-refractivity contribution in [1.82, 2.24) is 5.32 Å².